The summed E-state index contributed by atoms with van der Waals surface area (Å²) in [6, 6.07) is 4.80. The number of allylic oxidation sites excluding steroid dienone is 2. The van der Waals surface area contributed by atoms with Crippen molar-refractivity contribution in [3.63, 3.8) is 0 Å². The number of phenolic OH excluding ortho intramolecular Hbond substituents is 1. The van der Waals surface area contributed by atoms with Crippen molar-refractivity contribution < 1.29 is 15.0 Å². The van der Waals surface area contributed by atoms with Gasteiger partial charge in [0.2, 0.25) is 0 Å². The lowest BCUT2D eigenvalue weighted by atomic mass is 10.0. The predicted molar refractivity (Wildman–Crippen MR) is 62.7 cm³/mol. The summed E-state index contributed by atoms with van der Waals surface area (Å²) in [5, 5.41) is 18.4. The topological polar surface area (TPSA) is 57.5 Å². The fourth-order valence-electron chi connectivity index (χ4n) is 1.41. The number of hydrogen-bond acceptors (Lipinski definition) is 3. The minimum Gasteiger partial charge on any atom is -0.507 e. The maximum atomic E-state index is 11.7. The number of aliphatic hydroxyl groups excluding tert-OH is 1. The molecule has 1 rings (SSSR count). The molecule has 3 nitrogen and oxygen atoms in total. The first-order valence-electron chi connectivity index (χ1n) is 5.16. The standard InChI is InChI=1S/C13H16O3/c1-9(2)7-13(16)11-8-10(5-6-14)3-4-12(11)15/h3-4,7-8,14-15H,5-6H2,1-2H3. The molecular formula is C13H16O3. The van der Waals surface area contributed by atoms with E-state index in [1.165, 1.54) is 12.1 Å². The van der Waals surface area contributed by atoms with Crippen LogP contribution >= 0.6 is 0 Å². The van der Waals surface area contributed by atoms with Gasteiger partial charge in [-0.2, -0.15) is 0 Å². The van der Waals surface area contributed by atoms with Crippen LogP contribution < -0.4 is 0 Å². The van der Waals surface area contributed by atoms with Crippen molar-refractivity contribution in [2.75, 3.05) is 6.61 Å². The van der Waals surface area contributed by atoms with Gasteiger partial charge in [0.15, 0.2) is 5.78 Å². The van der Waals surface area contributed by atoms with Crippen molar-refractivity contribution in [3.8, 4) is 5.75 Å². The first-order valence-corrected chi connectivity index (χ1v) is 5.16. The van der Waals surface area contributed by atoms with E-state index in [2.05, 4.69) is 0 Å². The zero-order valence-electron chi connectivity index (χ0n) is 9.53. The van der Waals surface area contributed by atoms with Gasteiger partial charge >= 0.3 is 0 Å². The Labute approximate surface area is 95.0 Å². The summed E-state index contributed by atoms with van der Waals surface area (Å²) in [5.74, 6) is -0.235. The minimum atomic E-state index is -0.211. The summed E-state index contributed by atoms with van der Waals surface area (Å²) in [6.45, 7) is 3.68. The van der Waals surface area contributed by atoms with Gasteiger partial charge in [-0.3, -0.25) is 4.79 Å². The zero-order valence-corrected chi connectivity index (χ0v) is 9.53. The first-order chi connectivity index (χ1) is 7.54. The van der Waals surface area contributed by atoms with Crippen LogP contribution in [0.3, 0.4) is 0 Å². The average Bonchev–Trinajstić information content (AvgIpc) is 2.20. The first kappa shape index (κ1) is 12.5. The molecule has 0 aromatic heterocycles. The fraction of sp³-hybridized carbons (Fsp3) is 0.308. The van der Waals surface area contributed by atoms with Crippen LogP contribution in [0, 0.1) is 0 Å². The van der Waals surface area contributed by atoms with Gasteiger partial charge in [-0.1, -0.05) is 11.6 Å². The molecule has 1 aromatic carbocycles. The molecule has 2 N–H and O–H groups in total. The highest BCUT2D eigenvalue weighted by Crippen LogP contribution is 2.20. The number of carbonyl (C=O) groups is 1. The molecule has 0 unspecified atom stereocenters. The maximum Gasteiger partial charge on any atom is 0.189 e. The highest BCUT2D eigenvalue weighted by atomic mass is 16.3. The Morgan fingerprint density at radius 1 is 1.38 bits per heavy atom. The van der Waals surface area contributed by atoms with E-state index in [0.717, 1.165) is 11.1 Å². The van der Waals surface area contributed by atoms with Crippen molar-refractivity contribution >= 4 is 5.78 Å². The molecule has 0 atom stereocenters. The van der Waals surface area contributed by atoms with Crippen LogP contribution in [0.15, 0.2) is 29.8 Å². The van der Waals surface area contributed by atoms with E-state index in [0.29, 0.717) is 6.42 Å². The Hall–Kier alpha value is -1.61. The van der Waals surface area contributed by atoms with Gasteiger partial charge in [-0.05, 0) is 44.0 Å². The Kier molecular flexibility index (Phi) is 4.26. The molecule has 0 fully saturated rings. The maximum absolute atomic E-state index is 11.7. The quantitative estimate of drug-likeness (QED) is 0.603. The highest BCUT2D eigenvalue weighted by Gasteiger charge is 2.09. The Bertz CT molecular complexity index is 415. The number of hydrogen-bond donors (Lipinski definition) is 2. The van der Waals surface area contributed by atoms with Crippen molar-refractivity contribution in [1.29, 1.82) is 0 Å². The summed E-state index contributed by atoms with van der Waals surface area (Å²) in [4.78, 5) is 11.7. The third kappa shape index (κ3) is 3.21. The van der Waals surface area contributed by atoms with Crippen LogP contribution in [0.5, 0.6) is 5.75 Å². The molecule has 0 bridgehead atoms. The van der Waals surface area contributed by atoms with E-state index in [1.807, 2.05) is 13.8 Å². The number of aromatic hydroxyl groups is 1. The van der Waals surface area contributed by atoms with Gasteiger partial charge in [0.25, 0.3) is 0 Å². The predicted octanol–water partition coefficient (Wildman–Crippen LogP) is 2.08. The van der Waals surface area contributed by atoms with Crippen molar-refractivity contribution in [1.82, 2.24) is 0 Å². The van der Waals surface area contributed by atoms with E-state index in [1.54, 1.807) is 12.1 Å². The lowest BCUT2D eigenvalue weighted by Crippen LogP contribution is -1.99. The lowest BCUT2D eigenvalue weighted by Gasteiger charge is -2.04. The Morgan fingerprint density at radius 2 is 2.06 bits per heavy atom. The number of phenols is 1. The number of rotatable bonds is 4. The molecule has 0 saturated carbocycles. The molecule has 0 aliphatic heterocycles. The largest absolute Gasteiger partial charge is 0.507 e. The summed E-state index contributed by atoms with van der Waals surface area (Å²) in [5.41, 5.74) is 2.01. The second-order valence-electron chi connectivity index (χ2n) is 3.91. The summed E-state index contributed by atoms with van der Waals surface area (Å²) in [6.07, 6.45) is 1.97. The molecule has 86 valence electrons. The molecule has 0 saturated heterocycles. The zero-order chi connectivity index (χ0) is 12.1. The van der Waals surface area contributed by atoms with Gasteiger partial charge < -0.3 is 10.2 Å². The average molecular weight is 220 g/mol. The Morgan fingerprint density at radius 3 is 2.62 bits per heavy atom. The molecule has 3 heteroatoms. The Balaban J connectivity index is 3.07. The molecule has 0 radical (unpaired) electrons. The highest BCUT2D eigenvalue weighted by molar-refractivity contribution is 6.06. The number of carbonyl (C=O) groups excluding carboxylic acids is 1. The van der Waals surface area contributed by atoms with Gasteiger partial charge in [0, 0.05) is 6.61 Å². The summed E-state index contributed by atoms with van der Waals surface area (Å²) < 4.78 is 0. The molecule has 0 aliphatic carbocycles. The third-order valence-electron chi connectivity index (χ3n) is 2.15. The SMILES string of the molecule is CC(C)=CC(=O)c1cc(CCO)ccc1O. The number of aliphatic hydroxyl groups is 1. The van der Waals surface area contributed by atoms with Gasteiger partial charge in [0.1, 0.15) is 5.75 Å². The molecule has 0 heterocycles. The number of ketones is 1. The van der Waals surface area contributed by atoms with Crippen LogP contribution in [0.4, 0.5) is 0 Å². The normalized spacial score (nSPS) is 9.94. The minimum absolute atomic E-state index is 0.0239. The second-order valence-corrected chi connectivity index (χ2v) is 3.91. The van der Waals surface area contributed by atoms with Crippen LogP contribution in [0.2, 0.25) is 0 Å². The second kappa shape index (κ2) is 5.47. The molecular weight excluding hydrogens is 204 g/mol. The molecule has 0 aliphatic rings. The molecule has 1 aromatic rings. The molecule has 16 heavy (non-hydrogen) atoms. The fourth-order valence-corrected chi connectivity index (χ4v) is 1.41. The van der Waals surface area contributed by atoms with E-state index < -0.39 is 0 Å². The van der Waals surface area contributed by atoms with E-state index in [4.69, 9.17) is 5.11 Å². The van der Waals surface area contributed by atoms with Crippen LogP contribution in [-0.2, 0) is 6.42 Å². The van der Waals surface area contributed by atoms with Gasteiger partial charge in [-0.15, -0.1) is 0 Å². The van der Waals surface area contributed by atoms with Crippen LogP contribution in [0.1, 0.15) is 29.8 Å². The summed E-state index contributed by atoms with van der Waals surface area (Å²) in [7, 11) is 0. The molecule has 0 spiro atoms. The van der Waals surface area contributed by atoms with Gasteiger partial charge in [-0.25, -0.2) is 0 Å². The lowest BCUT2D eigenvalue weighted by molar-refractivity contribution is 0.104. The van der Waals surface area contributed by atoms with E-state index >= 15 is 0 Å². The van der Waals surface area contributed by atoms with Crippen molar-refractivity contribution in [2.45, 2.75) is 20.3 Å². The number of benzene rings is 1. The van der Waals surface area contributed by atoms with Crippen molar-refractivity contribution in [2.24, 2.45) is 0 Å². The van der Waals surface area contributed by atoms with Crippen LogP contribution in [-0.4, -0.2) is 22.6 Å². The molecule has 0 amide bonds. The van der Waals surface area contributed by atoms with E-state index in [-0.39, 0.29) is 23.7 Å². The van der Waals surface area contributed by atoms with Crippen molar-refractivity contribution in [3.05, 3.63) is 41.0 Å². The van der Waals surface area contributed by atoms with Gasteiger partial charge in [0.05, 0.1) is 5.56 Å². The smallest absolute Gasteiger partial charge is 0.189 e. The monoisotopic (exact) mass is 220 g/mol. The van der Waals surface area contributed by atoms with E-state index in [9.17, 15) is 9.90 Å². The summed E-state index contributed by atoms with van der Waals surface area (Å²) >= 11 is 0. The van der Waals surface area contributed by atoms with Crippen LogP contribution in [0.25, 0.3) is 0 Å². The third-order valence-corrected chi connectivity index (χ3v) is 2.15.